The van der Waals surface area contributed by atoms with Crippen molar-refractivity contribution < 1.29 is 13.3 Å². The maximum atomic E-state index is 13.2. The zero-order valence-corrected chi connectivity index (χ0v) is 18.5. The van der Waals surface area contributed by atoms with Crippen LogP contribution in [0, 0.1) is 10.1 Å². The van der Waals surface area contributed by atoms with Crippen LogP contribution in [0.5, 0.6) is 0 Å². The molecule has 0 bridgehead atoms. The molecule has 2 aliphatic rings. The Morgan fingerprint density at radius 3 is 2.19 bits per heavy atom. The molecule has 2 aromatic carbocycles. The number of hydrogen-bond acceptors (Lipinski definition) is 6. The van der Waals surface area contributed by atoms with Gasteiger partial charge >= 0.3 is 0 Å². The van der Waals surface area contributed by atoms with E-state index >= 15 is 0 Å². The summed E-state index contributed by atoms with van der Waals surface area (Å²) in [5, 5.41) is 11.3. The first-order chi connectivity index (χ1) is 14.9. The number of hydrogen-bond donors (Lipinski definition) is 0. The van der Waals surface area contributed by atoms with Gasteiger partial charge in [0.25, 0.3) is 5.69 Å². The fourth-order valence-corrected chi connectivity index (χ4v) is 7.05. The summed E-state index contributed by atoms with van der Waals surface area (Å²) in [7, 11) is -3.32. The molecule has 1 saturated carbocycles. The van der Waals surface area contributed by atoms with E-state index in [-0.39, 0.29) is 10.6 Å². The molecule has 0 unspecified atom stereocenters. The number of sulfone groups is 1. The number of nitro benzene ring substituents is 1. The van der Waals surface area contributed by atoms with E-state index in [1.165, 1.54) is 0 Å². The van der Waals surface area contributed by atoms with E-state index in [1.54, 1.807) is 36.4 Å². The fourth-order valence-electron chi connectivity index (χ4n) is 4.80. The SMILES string of the molecule is O=[N+]([O-])c1ccccc1N1CCN(CCCC2(S(=O)(=O)c3ccccc3)CCC2)CC1. The molecule has 2 aromatic rings. The lowest BCUT2D eigenvalue weighted by atomic mass is 9.81. The summed E-state index contributed by atoms with van der Waals surface area (Å²) in [5.41, 5.74) is 0.823. The largest absolute Gasteiger partial charge is 0.363 e. The first-order valence-corrected chi connectivity index (χ1v) is 12.4. The molecule has 0 radical (unpaired) electrons. The minimum atomic E-state index is -3.32. The average Bonchev–Trinajstić information content (AvgIpc) is 2.76. The molecule has 1 aliphatic heterocycles. The number of rotatable bonds is 8. The fraction of sp³-hybridized carbons (Fsp3) is 0.478. The highest BCUT2D eigenvalue weighted by atomic mass is 32.2. The third kappa shape index (κ3) is 4.32. The molecule has 31 heavy (non-hydrogen) atoms. The number of piperazine rings is 1. The Morgan fingerprint density at radius 2 is 1.58 bits per heavy atom. The van der Waals surface area contributed by atoms with E-state index in [2.05, 4.69) is 9.80 Å². The standard InChI is InChI=1S/C23H29N3O4S/c27-26(28)22-11-5-4-10-21(22)25-18-16-24(17-19-25)15-7-14-23(12-6-13-23)31(29,30)20-8-2-1-3-9-20/h1-5,8-11H,6-7,12-19H2. The summed E-state index contributed by atoms with van der Waals surface area (Å²) in [4.78, 5) is 15.8. The van der Waals surface area contributed by atoms with Crippen LogP contribution in [-0.4, -0.2) is 55.7 Å². The van der Waals surface area contributed by atoms with E-state index in [4.69, 9.17) is 0 Å². The molecule has 4 rings (SSSR count). The van der Waals surface area contributed by atoms with Crippen molar-refractivity contribution in [3.8, 4) is 0 Å². The van der Waals surface area contributed by atoms with Crippen molar-refractivity contribution in [2.24, 2.45) is 0 Å². The van der Waals surface area contributed by atoms with Crippen molar-refractivity contribution in [1.82, 2.24) is 4.90 Å². The van der Waals surface area contributed by atoms with Gasteiger partial charge in [-0.1, -0.05) is 36.8 Å². The second-order valence-electron chi connectivity index (χ2n) is 8.53. The molecular formula is C23H29N3O4S. The summed E-state index contributed by atoms with van der Waals surface area (Å²) < 4.78 is 25.8. The predicted molar refractivity (Wildman–Crippen MR) is 121 cm³/mol. The van der Waals surface area contributed by atoms with Gasteiger partial charge in [-0.3, -0.25) is 15.0 Å². The van der Waals surface area contributed by atoms with Gasteiger partial charge in [-0.25, -0.2) is 8.42 Å². The second-order valence-corrected chi connectivity index (χ2v) is 10.9. The number of nitro groups is 1. The molecular weight excluding hydrogens is 414 g/mol. The van der Waals surface area contributed by atoms with Crippen LogP contribution in [0.15, 0.2) is 59.5 Å². The van der Waals surface area contributed by atoms with Crippen LogP contribution >= 0.6 is 0 Å². The molecule has 1 aliphatic carbocycles. The van der Waals surface area contributed by atoms with Gasteiger partial charge in [-0.2, -0.15) is 0 Å². The summed E-state index contributed by atoms with van der Waals surface area (Å²) in [6.07, 6.45) is 4.00. The lowest BCUT2D eigenvalue weighted by Gasteiger charge is -2.42. The Hall–Kier alpha value is -2.45. The van der Waals surface area contributed by atoms with Crippen molar-refractivity contribution in [2.45, 2.75) is 41.7 Å². The van der Waals surface area contributed by atoms with Crippen molar-refractivity contribution in [1.29, 1.82) is 0 Å². The highest BCUT2D eigenvalue weighted by molar-refractivity contribution is 7.93. The van der Waals surface area contributed by atoms with Crippen LogP contribution in [-0.2, 0) is 9.84 Å². The molecule has 1 heterocycles. The molecule has 0 amide bonds. The van der Waals surface area contributed by atoms with Crippen LogP contribution in [0.3, 0.4) is 0 Å². The van der Waals surface area contributed by atoms with Gasteiger partial charge in [0, 0.05) is 32.2 Å². The topological polar surface area (TPSA) is 83.8 Å². The van der Waals surface area contributed by atoms with E-state index < -0.39 is 14.6 Å². The molecule has 8 heteroatoms. The Bertz CT molecular complexity index is 1010. The Kier molecular flexibility index (Phi) is 6.29. The Labute approximate surface area is 183 Å². The lowest BCUT2D eigenvalue weighted by molar-refractivity contribution is -0.384. The van der Waals surface area contributed by atoms with E-state index in [1.807, 2.05) is 18.2 Å². The molecule has 0 spiro atoms. The Balaban J connectivity index is 1.32. The van der Waals surface area contributed by atoms with E-state index in [0.29, 0.717) is 17.0 Å². The Morgan fingerprint density at radius 1 is 0.935 bits per heavy atom. The highest BCUT2D eigenvalue weighted by Crippen LogP contribution is 2.46. The lowest BCUT2D eigenvalue weighted by Crippen LogP contribution is -2.48. The molecule has 2 fully saturated rings. The number of para-hydroxylation sites is 2. The smallest absolute Gasteiger partial charge is 0.292 e. The zero-order valence-electron chi connectivity index (χ0n) is 17.7. The summed E-state index contributed by atoms with van der Waals surface area (Å²) >= 11 is 0. The van der Waals surface area contributed by atoms with Crippen LogP contribution in [0.4, 0.5) is 11.4 Å². The maximum Gasteiger partial charge on any atom is 0.292 e. The van der Waals surface area contributed by atoms with Gasteiger partial charge in [-0.15, -0.1) is 0 Å². The normalized spacial score (nSPS) is 19.0. The van der Waals surface area contributed by atoms with Crippen molar-refractivity contribution in [2.75, 3.05) is 37.6 Å². The van der Waals surface area contributed by atoms with Crippen LogP contribution in [0.25, 0.3) is 0 Å². The van der Waals surface area contributed by atoms with Crippen LogP contribution in [0.1, 0.15) is 32.1 Å². The number of benzene rings is 2. The minimum Gasteiger partial charge on any atom is -0.363 e. The third-order valence-corrected chi connectivity index (χ3v) is 9.43. The summed E-state index contributed by atoms with van der Waals surface area (Å²) in [6.45, 7) is 3.97. The van der Waals surface area contributed by atoms with Crippen LogP contribution < -0.4 is 4.90 Å². The van der Waals surface area contributed by atoms with Crippen molar-refractivity contribution in [3.63, 3.8) is 0 Å². The van der Waals surface area contributed by atoms with Crippen molar-refractivity contribution in [3.05, 3.63) is 64.7 Å². The van der Waals surface area contributed by atoms with Gasteiger partial charge in [0.2, 0.25) is 0 Å². The quantitative estimate of drug-likeness (QED) is 0.455. The van der Waals surface area contributed by atoms with Gasteiger partial charge in [-0.05, 0) is 50.4 Å². The first kappa shape index (κ1) is 21.8. The highest BCUT2D eigenvalue weighted by Gasteiger charge is 2.48. The maximum absolute atomic E-state index is 13.2. The summed E-state index contributed by atoms with van der Waals surface area (Å²) in [6, 6.07) is 15.7. The van der Waals surface area contributed by atoms with Crippen molar-refractivity contribution >= 4 is 21.2 Å². The van der Waals surface area contributed by atoms with Gasteiger partial charge in [0.05, 0.1) is 14.6 Å². The monoisotopic (exact) mass is 443 g/mol. The number of anilines is 1. The summed E-state index contributed by atoms with van der Waals surface area (Å²) in [5.74, 6) is 0. The van der Waals surface area contributed by atoms with Gasteiger partial charge in [0.1, 0.15) is 5.69 Å². The minimum absolute atomic E-state index is 0.147. The number of nitrogens with zero attached hydrogens (tertiary/aromatic N) is 3. The van der Waals surface area contributed by atoms with Gasteiger partial charge < -0.3 is 4.90 Å². The van der Waals surface area contributed by atoms with E-state index in [0.717, 1.165) is 58.4 Å². The third-order valence-electron chi connectivity index (χ3n) is 6.79. The molecule has 0 aromatic heterocycles. The predicted octanol–water partition coefficient (Wildman–Crippen LogP) is 3.89. The molecule has 7 nitrogen and oxygen atoms in total. The molecule has 1 saturated heterocycles. The zero-order chi connectivity index (χ0) is 21.9. The first-order valence-electron chi connectivity index (χ1n) is 10.9. The van der Waals surface area contributed by atoms with E-state index in [9.17, 15) is 18.5 Å². The molecule has 0 atom stereocenters. The second kappa shape index (κ2) is 8.96. The molecule has 166 valence electrons. The van der Waals surface area contributed by atoms with Crippen LogP contribution in [0.2, 0.25) is 0 Å². The van der Waals surface area contributed by atoms with Gasteiger partial charge in [0.15, 0.2) is 9.84 Å². The molecule has 0 N–H and O–H groups in total. The average molecular weight is 444 g/mol.